The smallest absolute Gasteiger partial charge is 0.324 e. The predicted molar refractivity (Wildman–Crippen MR) is 130 cm³/mol. The fraction of sp³-hybridized carbons (Fsp3) is 0.304. The highest BCUT2D eigenvalue weighted by molar-refractivity contribution is 7.93. The molecule has 1 atom stereocenters. The molecule has 1 aromatic heterocycles. The molecule has 33 heavy (non-hydrogen) atoms. The molecule has 1 N–H and O–H groups in total. The number of anilines is 1. The molecular formula is C23H24Cl2N2O5S. The highest BCUT2D eigenvalue weighted by Crippen LogP contribution is 2.39. The van der Waals surface area contributed by atoms with Crippen LogP contribution in [0.1, 0.15) is 37.9 Å². The van der Waals surface area contributed by atoms with E-state index in [9.17, 15) is 23.1 Å². The third-order valence-electron chi connectivity index (χ3n) is 6.04. The second-order valence-electron chi connectivity index (χ2n) is 8.39. The summed E-state index contributed by atoms with van der Waals surface area (Å²) in [6.45, 7) is 5.95. The molecule has 3 rings (SSSR count). The molecule has 0 aliphatic carbocycles. The fourth-order valence-corrected chi connectivity index (χ4v) is 5.37. The summed E-state index contributed by atoms with van der Waals surface area (Å²) in [4.78, 5) is 24.9. The van der Waals surface area contributed by atoms with Crippen LogP contribution in [-0.4, -0.2) is 35.2 Å². The number of fused-ring (bicyclic) bond motifs is 1. The van der Waals surface area contributed by atoms with E-state index in [1.807, 2.05) is 24.6 Å². The monoisotopic (exact) mass is 510 g/mol. The first-order chi connectivity index (χ1) is 15.3. The van der Waals surface area contributed by atoms with Gasteiger partial charge in [0.15, 0.2) is 14.6 Å². The Labute approximate surface area is 202 Å². The van der Waals surface area contributed by atoms with Crippen LogP contribution in [0.4, 0.5) is 5.82 Å². The summed E-state index contributed by atoms with van der Waals surface area (Å²) in [5.74, 6) is -0.850. The standard InChI is InChI=1S/C23H24Cl2N2O5S/c1-13-10-18-17(21(25)20(13)24)11-19(26(18)5)27(12-28)14(2)15-6-8-16(9-7-15)33(31,32)23(3,4)22(29)30/h6-12,14H,1-5H3,(H,29,30)/t14-/m1/s1. The van der Waals surface area contributed by atoms with Gasteiger partial charge in [-0.1, -0.05) is 35.3 Å². The SMILES string of the molecule is Cc1cc2c(cc(N(C=O)[C@H](C)c3ccc(S(=O)(=O)C(C)(C)C(=O)O)cc3)n2C)c(Cl)c1Cl. The Kier molecular flexibility index (Phi) is 6.59. The van der Waals surface area contributed by atoms with Gasteiger partial charge < -0.3 is 9.67 Å². The van der Waals surface area contributed by atoms with E-state index >= 15 is 0 Å². The van der Waals surface area contributed by atoms with E-state index in [-0.39, 0.29) is 4.90 Å². The first kappa shape index (κ1) is 25.1. The number of nitrogens with zero attached hydrogens (tertiary/aromatic N) is 2. The molecule has 0 aliphatic heterocycles. The quantitative estimate of drug-likeness (QED) is 0.443. The molecule has 176 valence electrons. The zero-order chi connectivity index (χ0) is 24.9. The van der Waals surface area contributed by atoms with E-state index in [1.54, 1.807) is 25.1 Å². The van der Waals surface area contributed by atoms with Crippen LogP contribution in [0.15, 0.2) is 41.3 Å². The van der Waals surface area contributed by atoms with Crippen molar-refractivity contribution in [1.82, 2.24) is 4.57 Å². The van der Waals surface area contributed by atoms with Gasteiger partial charge in [0.2, 0.25) is 6.41 Å². The van der Waals surface area contributed by atoms with E-state index in [4.69, 9.17) is 23.2 Å². The average molecular weight is 511 g/mol. The Hall–Kier alpha value is -2.55. The van der Waals surface area contributed by atoms with E-state index < -0.39 is 26.6 Å². The average Bonchev–Trinajstić information content (AvgIpc) is 3.08. The number of benzene rings is 2. The molecule has 0 saturated heterocycles. The Morgan fingerprint density at radius 1 is 1.15 bits per heavy atom. The summed E-state index contributed by atoms with van der Waals surface area (Å²) in [6, 6.07) is 9.08. The minimum atomic E-state index is -4.11. The van der Waals surface area contributed by atoms with Crippen LogP contribution in [0.5, 0.6) is 0 Å². The highest BCUT2D eigenvalue weighted by Gasteiger charge is 2.43. The summed E-state index contributed by atoms with van der Waals surface area (Å²) in [5.41, 5.74) is 2.29. The minimum Gasteiger partial charge on any atom is -0.480 e. The lowest BCUT2D eigenvalue weighted by molar-refractivity contribution is -0.139. The van der Waals surface area contributed by atoms with Gasteiger partial charge in [-0.3, -0.25) is 14.5 Å². The Morgan fingerprint density at radius 3 is 2.24 bits per heavy atom. The Morgan fingerprint density at radius 2 is 1.73 bits per heavy atom. The number of carboxylic acid groups (broad SMARTS) is 1. The number of hydrogen-bond donors (Lipinski definition) is 1. The first-order valence-corrected chi connectivity index (χ1v) is 12.2. The Bertz CT molecular complexity index is 1360. The van der Waals surface area contributed by atoms with Gasteiger partial charge in [-0.05, 0) is 63.1 Å². The van der Waals surface area contributed by atoms with Crippen molar-refractivity contribution in [3.63, 3.8) is 0 Å². The van der Waals surface area contributed by atoms with Crippen LogP contribution in [0.25, 0.3) is 10.9 Å². The summed E-state index contributed by atoms with van der Waals surface area (Å²) in [6.07, 6.45) is 0.694. The maximum Gasteiger partial charge on any atom is 0.324 e. The van der Waals surface area contributed by atoms with Crippen molar-refractivity contribution < 1.29 is 23.1 Å². The molecule has 1 amide bonds. The van der Waals surface area contributed by atoms with Crippen molar-refractivity contribution in [2.45, 2.75) is 43.4 Å². The van der Waals surface area contributed by atoms with Crippen LogP contribution in [-0.2, 0) is 26.5 Å². The lowest BCUT2D eigenvalue weighted by Crippen LogP contribution is -2.40. The molecule has 3 aromatic rings. The van der Waals surface area contributed by atoms with Crippen molar-refractivity contribution in [2.75, 3.05) is 4.90 Å². The molecular weight excluding hydrogens is 487 g/mol. The Balaban J connectivity index is 2.02. The second-order valence-corrected chi connectivity index (χ2v) is 11.6. The number of halogens is 2. The number of hydrogen-bond acceptors (Lipinski definition) is 4. The summed E-state index contributed by atoms with van der Waals surface area (Å²) >= 11 is 12.7. The van der Waals surface area contributed by atoms with Crippen LogP contribution < -0.4 is 4.90 Å². The summed E-state index contributed by atoms with van der Waals surface area (Å²) in [5, 5.41) is 10.9. The van der Waals surface area contributed by atoms with Gasteiger partial charge >= 0.3 is 5.97 Å². The van der Waals surface area contributed by atoms with Crippen LogP contribution in [0.3, 0.4) is 0 Å². The van der Waals surface area contributed by atoms with Crippen molar-refractivity contribution in [2.24, 2.45) is 7.05 Å². The van der Waals surface area contributed by atoms with Crippen molar-refractivity contribution >= 4 is 62.1 Å². The molecule has 0 bridgehead atoms. The fourth-order valence-electron chi connectivity index (χ4n) is 3.60. The zero-order valence-corrected chi connectivity index (χ0v) is 21.1. The number of aryl methyl sites for hydroxylation is 2. The normalized spacial score (nSPS) is 13.2. The maximum absolute atomic E-state index is 12.7. The lowest BCUT2D eigenvalue weighted by atomic mass is 10.1. The number of amides is 1. The van der Waals surface area contributed by atoms with Crippen LogP contribution >= 0.6 is 23.2 Å². The largest absolute Gasteiger partial charge is 0.480 e. The molecule has 2 aromatic carbocycles. The molecule has 0 unspecified atom stereocenters. The molecule has 7 nitrogen and oxygen atoms in total. The minimum absolute atomic E-state index is 0.106. The molecule has 0 spiro atoms. The van der Waals surface area contributed by atoms with Gasteiger partial charge in [-0.15, -0.1) is 0 Å². The molecule has 1 heterocycles. The summed E-state index contributed by atoms with van der Waals surface area (Å²) in [7, 11) is -2.30. The van der Waals surface area contributed by atoms with E-state index in [1.165, 1.54) is 17.0 Å². The summed E-state index contributed by atoms with van der Waals surface area (Å²) < 4.78 is 25.4. The third-order valence-corrected chi connectivity index (χ3v) is 9.43. The van der Waals surface area contributed by atoms with Gasteiger partial charge in [0, 0.05) is 12.4 Å². The van der Waals surface area contributed by atoms with E-state index in [2.05, 4.69) is 0 Å². The lowest BCUT2D eigenvalue weighted by Gasteiger charge is -2.26. The zero-order valence-electron chi connectivity index (χ0n) is 18.8. The third kappa shape index (κ3) is 4.00. The van der Waals surface area contributed by atoms with Gasteiger partial charge in [0.1, 0.15) is 5.82 Å². The topological polar surface area (TPSA) is 96.7 Å². The first-order valence-electron chi connectivity index (χ1n) is 10.0. The van der Waals surface area contributed by atoms with Crippen molar-refractivity contribution in [3.8, 4) is 0 Å². The number of carbonyl (C=O) groups excluding carboxylic acids is 1. The van der Waals surface area contributed by atoms with E-state index in [0.717, 1.165) is 24.9 Å². The second kappa shape index (κ2) is 8.66. The maximum atomic E-state index is 12.7. The predicted octanol–water partition coefficient (Wildman–Crippen LogP) is 5.15. The molecule has 0 fully saturated rings. The molecule has 0 saturated carbocycles. The van der Waals surface area contributed by atoms with Gasteiger partial charge in [-0.2, -0.15) is 0 Å². The van der Waals surface area contributed by atoms with Gasteiger partial charge in [0.05, 0.1) is 26.5 Å². The highest BCUT2D eigenvalue weighted by atomic mass is 35.5. The van der Waals surface area contributed by atoms with Gasteiger partial charge in [0.25, 0.3) is 0 Å². The number of aromatic nitrogens is 1. The van der Waals surface area contributed by atoms with Crippen LogP contribution in [0.2, 0.25) is 10.0 Å². The van der Waals surface area contributed by atoms with Crippen molar-refractivity contribution in [3.05, 3.63) is 57.6 Å². The van der Waals surface area contributed by atoms with Crippen LogP contribution in [0, 0.1) is 6.92 Å². The molecule has 10 heteroatoms. The molecule has 0 aliphatic rings. The number of sulfone groups is 1. The van der Waals surface area contributed by atoms with Gasteiger partial charge in [-0.25, -0.2) is 8.42 Å². The molecule has 0 radical (unpaired) electrons. The number of rotatable bonds is 7. The van der Waals surface area contributed by atoms with Crippen molar-refractivity contribution in [1.29, 1.82) is 0 Å². The number of aliphatic carboxylic acids is 1. The number of carbonyl (C=O) groups is 2. The number of carboxylic acids is 1. The van der Waals surface area contributed by atoms with E-state index in [0.29, 0.717) is 33.2 Å².